The Kier molecular flexibility index (Phi) is 9.75. The number of alkyl halides is 1. The summed E-state index contributed by atoms with van der Waals surface area (Å²) in [6.07, 6.45) is 0. The van der Waals surface area contributed by atoms with Crippen LogP contribution in [0.3, 0.4) is 0 Å². The summed E-state index contributed by atoms with van der Waals surface area (Å²) in [7, 11) is -4.20. The zero-order valence-corrected chi connectivity index (χ0v) is 11.5. The second-order valence-electron chi connectivity index (χ2n) is 1.75. The molecule has 0 aromatic rings. The van der Waals surface area contributed by atoms with E-state index in [0.717, 1.165) is 0 Å². The number of carbonyl (C=O) groups excluding carboxylic acids is 1. The third kappa shape index (κ3) is 11.1. The van der Waals surface area contributed by atoms with Crippen LogP contribution in [-0.4, -0.2) is 35.6 Å². The Morgan fingerprint density at radius 3 is 2.33 bits per heavy atom. The van der Waals surface area contributed by atoms with Crippen molar-refractivity contribution in [2.45, 2.75) is 0 Å². The summed E-state index contributed by atoms with van der Waals surface area (Å²) in [6, 6.07) is 0. The summed E-state index contributed by atoms with van der Waals surface area (Å²) >= 11 is 1.83. The van der Waals surface area contributed by atoms with Crippen molar-refractivity contribution in [3.63, 3.8) is 0 Å². The minimum Gasteiger partial charge on any atom is -0.748 e. The maximum Gasteiger partial charge on any atom is 1.00 e. The van der Waals surface area contributed by atoms with Gasteiger partial charge in [-0.3, -0.25) is 4.79 Å². The van der Waals surface area contributed by atoms with Crippen LogP contribution in [-0.2, 0) is 14.9 Å². The predicted molar refractivity (Wildman–Crippen MR) is 46.5 cm³/mol. The number of amides is 1. The van der Waals surface area contributed by atoms with Crippen molar-refractivity contribution in [1.29, 1.82) is 0 Å². The quantitative estimate of drug-likeness (QED) is 0.249. The molecule has 0 unspecified atom stereocenters. The molecule has 0 saturated carbocycles. The van der Waals surface area contributed by atoms with Gasteiger partial charge in [0.15, 0.2) is 0 Å². The van der Waals surface area contributed by atoms with Crippen molar-refractivity contribution in [1.82, 2.24) is 5.32 Å². The van der Waals surface area contributed by atoms with Gasteiger partial charge < -0.3 is 9.87 Å². The van der Waals surface area contributed by atoms with Crippen molar-refractivity contribution in [3.05, 3.63) is 0 Å². The molecule has 0 saturated heterocycles. The third-order valence-electron chi connectivity index (χ3n) is 0.796. The number of nitrogens with one attached hydrogen (secondary N) is 1. The van der Waals surface area contributed by atoms with Gasteiger partial charge in [0.2, 0.25) is 5.91 Å². The Morgan fingerprint density at radius 1 is 1.50 bits per heavy atom. The molecule has 12 heavy (non-hydrogen) atoms. The molecule has 0 radical (unpaired) electrons. The van der Waals surface area contributed by atoms with Crippen LogP contribution in [0.1, 0.15) is 0 Å². The first-order valence-corrected chi connectivity index (χ1v) is 5.82. The van der Waals surface area contributed by atoms with Gasteiger partial charge in [0.25, 0.3) is 0 Å². The normalized spacial score (nSPS) is 10.2. The van der Waals surface area contributed by atoms with Crippen LogP contribution in [0.5, 0.6) is 0 Å². The van der Waals surface area contributed by atoms with Crippen molar-refractivity contribution in [2.24, 2.45) is 0 Å². The van der Waals surface area contributed by atoms with Gasteiger partial charge in [0.1, 0.15) is 0 Å². The molecule has 0 aliphatic carbocycles. The van der Waals surface area contributed by atoms with Crippen LogP contribution in [0.2, 0.25) is 0 Å². The summed E-state index contributed by atoms with van der Waals surface area (Å²) in [6.45, 7) is -0.104. The van der Waals surface area contributed by atoms with E-state index in [9.17, 15) is 17.8 Å². The topological polar surface area (TPSA) is 86.3 Å². The first kappa shape index (κ1) is 15.6. The molecule has 0 atom stereocenters. The molecule has 0 rings (SSSR count). The summed E-state index contributed by atoms with van der Waals surface area (Å²) in [5, 5.41) is 2.26. The van der Waals surface area contributed by atoms with Crippen LogP contribution in [0.4, 0.5) is 0 Å². The number of halogens is 1. The van der Waals surface area contributed by atoms with Gasteiger partial charge in [-0.05, 0) is 0 Å². The van der Waals surface area contributed by atoms with Crippen LogP contribution in [0.15, 0.2) is 0 Å². The largest absolute Gasteiger partial charge is 1.00 e. The molecule has 0 aliphatic heterocycles. The second kappa shape index (κ2) is 7.51. The average Bonchev–Trinajstić information content (AvgIpc) is 1.85. The minimum absolute atomic E-state index is 0. The van der Waals surface area contributed by atoms with Gasteiger partial charge in [-0.1, -0.05) is 22.6 Å². The number of hydrogen-bond acceptors (Lipinski definition) is 4. The van der Waals surface area contributed by atoms with Crippen molar-refractivity contribution in [3.8, 4) is 0 Å². The molecular formula is C4H7INNaO4S. The maximum absolute atomic E-state index is 10.5. The fraction of sp³-hybridized carbons (Fsp3) is 0.750. The van der Waals surface area contributed by atoms with Crippen LogP contribution < -0.4 is 34.9 Å². The molecule has 0 spiro atoms. The van der Waals surface area contributed by atoms with E-state index in [1.165, 1.54) is 0 Å². The number of carbonyl (C=O) groups is 1. The number of rotatable bonds is 4. The molecule has 0 aromatic heterocycles. The van der Waals surface area contributed by atoms with Gasteiger partial charge in [0.05, 0.1) is 20.3 Å². The monoisotopic (exact) mass is 315 g/mol. The van der Waals surface area contributed by atoms with E-state index < -0.39 is 15.9 Å². The fourth-order valence-electron chi connectivity index (χ4n) is 0.363. The molecule has 66 valence electrons. The third-order valence-corrected chi connectivity index (χ3v) is 2.19. The average molecular weight is 315 g/mol. The molecule has 8 heteroatoms. The van der Waals surface area contributed by atoms with E-state index in [1.54, 1.807) is 0 Å². The smallest absolute Gasteiger partial charge is 0.748 e. The Morgan fingerprint density at radius 2 is 2.00 bits per heavy atom. The maximum atomic E-state index is 10.5. The Labute approximate surface area is 107 Å². The summed E-state index contributed by atoms with van der Waals surface area (Å²) in [5.74, 6) is -0.815. The van der Waals surface area contributed by atoms with Gasteiger partial charge in [-0.2, -0.15) is 0 Å². The van der Waals surface area contributed by atoms with Gasteiger partial charge >= 0.3 is 29.6 Å². The van der Waals surface area contributed by atoms with Crippen LogP contribution in [0, 0.1) is 0 Å². The number of hydrogen-bond donors (Lipinski definition) is 1. The minimum atomic E-state index is -4.20. The SMILES string of the molecule is O=C(CI)NCCS(=O)(=O)[O-].[Na+]. The molecule has 5 nitrogen and oxygen atoms in total. The van der Waals surface area contributed by atoms with E-state index in [0.29, 0.717) is 0 Å². The first-order chi connectivity index (χ1) is 4.95. The van der Waals surface area contributed by atoms with E-state index in [4.69, 9.17) is 0 Å². The fourth-order valence-corrected chi connectivity index (χ4v) is 0.984. The molecule has 0 heterocycles. The summed E-state index contributed by atoms with van der Waals surface area (Å²) in [5.41, 5.74) is 0. The molecule has 0 aliphatic rings. The molecule has 0 aromatic carbocycles. The van der Waals surface area contributed by atoms with E-state index in [2.05, 4.69) is 5.32 Å². The zero-order chi connectivity index (χ0) is 8.91. The molecule has 1 amide bonds. The van der Waals surface area contributed by atoms with E-state index in [-0.39, 0.29) is 46.4 Å². The van der Waals surface area contributed by atoms with Crippen molar-refractivity contribution in [2.75, 3.05) is 16.7 Å². The summed E-state index contributed by atoms with van der Waals surface area (Å²) in [4.78, 5) is 10.5. The molecule has 0 fully saturated rings. The Bertz CT molecular complexity index is 229. The van der Waals surface area contributed by atoms with Gasteiger partial charge in [-0.15, -0.1) is 0 Å². The molecular weight excluding hydrogens is 308 g/mol. The Balaban J connectivity index is 0. The zero-order valence-electron chi connectivity index (χ0n) is 6.54. The van der Waals surface area contributed by atoms with Gasteiger partial charge in [-0.25, -0.2) is 8.42 Å². The Hall–Kier alpha value is 1.11. The van der Waals surface area contributed by atoms with Gasteiger partial charge in [0, 0.05) is 6.54 Å². The summed E-state index contributed by atoms with van der Waals surface area (Å²) < 4.78 is 30.2. The standard InChI is InChI=1S/C4H8INO4S.Na/c5-3-4(7)6-1-2-11(8,9)10;/h1-3H2,(H,6,7)(H,8,9,10);/q;+1/p-1. The molecule has 1 N–H and O–H groups in total. The predicted octanol–water partition coefficient (Wildman–Crippen LogP) is -3.91. The van der Waals surface area contributed by atoms with E-state index in [1.807, 2.05) is 22.6 Å². The first-order valence-electron chi connectivity index (χ1n) is 2.72. The van der Waals surface area contributed by atoms with Crippen LogP contribution in [0.25, 0.3) is 0 Å². The van der Waals surface area contributed by atoms with Crippen molar-refractivity contribution >= 4 is 38.6 Å². The second-order valence-corrected chi connectivity index (χ2v) is 4.03. The van der Waals surface area contributed by atoms with E-state index >= 15 is 0 Å². The van der Waals surface area contributed by atoms with Crippen molar-refractivity contribution < 1.29 is 47.3 Å². The molecule has 0 bridgehead atoms. The van der Waals surface area contributed by atoms with Crippen LogP contribution >= 0.6 is 22.6 Å².